The minimum atomic E-state index is -0.533. The molecule has 1 fully saturated rings. The third-order valence-corrected chi connectivity index (χ3v) is 5.22. The predicted octanol–water partition coefficient (Wildman–Crippen LogP) is 4.73. The van der Waals surface area contributed by atoms with E-state index in [0.29, 0.717) is 31.1 Å². The minimum absolute atomic E-state index is 0.0278. The van der Waals surface area contributed by atoms with Crippen LogP contribution in [0.4, 0.5) is 4.79 Å². The number of likely N-dealkylation sites (tertiary alicyclic amines) is 1. The van der Waals surface area contributed by atoms with Gasteiger partial charge in [-0.25, -0.2) is 9.78 Å². The van der Waals surface area contributed by atoms with E-state index in [2.05, 4.69) is 4.98 Å². The van der Waals surface area contributed by atoms with E-state index < -0.39 is 5.60 Å². The molecule has 0 aliphatic carbocycles. The van der Waals surface area contributed by atoms with E-state index in [9.17, 15) is 9.59 Å². The number of fused-ring (bicyclic) bond motifs is 1. The van der Waals surface area contributed by atoms with E-state index >= 15 is 0 Å². The van der Waals surface area contributed by atoms with Crippen LogP contribution in [0, 0.1) is 5.92 Å². The van der Waals surface area contributed by atoms with Crippen LogP contribution in [-0.2, 0) is 9.53 Å². The van der Waals surface area contributed by atoms with Crippen molar-refractivity contribution in [3.8, 4) is 0 Å². The molecule has 0 spiro atoms. The zero-order chi connectivity index (χ0) is 22.6. The molecule has 2 heterocycles. The fourth-order valence-electron chi connectivity index (χ4n) is 3.72. The number of oxazole rings is 1. The van der Waals surface area contributed by atoms with Crippen molar-refractivity contribution in [3.05, 3.63) is 36.2 Å². The Morgan fingerprint density at radius 3 is 2.74 bits per heavy atom. The zero-order valence-corrected chi connectivity index (χ0v) is 19.1. The van der Waals surface area contributed by atoms with E-state index in [0.717, 1.165) is 18.4 Å². The average Bonchev–Trinajstić information content (AvgIpc) is 3.12. The summed E-state index contributed by atoms with van der Waals surface area (Å²) in [6.07, 6.45) is 4.72. The van der Waals surface area contributed by atoms with Crippen molar-refractivity contribution in [2.45, 2.75) is 59.1 Å². The molecule has 168 valence electrons. The Morgan fingerprint density at radius 1 is 1.32 bits per heavy atom. The number of amides is 2. The highest BCUT2D eigenvalue weighted by Gasteiger charge is 2.29. The summed E-state index contributed by atoms with van der Waals surface area (Å²) in [4.78, 5) is 33.3. The summed E-state index contributed by atoms with van der Waals surface area (Å²) >= 11 is 0. The fraction of sp³-hybridized carbons (Fsp3) is 0.542. The van der Waals surface area contributed by atoms with Crippen molar-refractivity contribution >= 4 is 29.2 Å². The Morgan fingerprint density at radius 2 is 2.06 bits per heavy atom. The van der Waals surface area contributed by atoms with Gasteiger partial charge in [-0.2, -0.15) is 0 Å². The topological polar surface area (TPSA) is 75.9 Å². The first kappa shape index (κ1) is 22.8. The summed E-state index contributed by atoms with van der Waals surface area (Å²) in [6, 6.07) is 7.53. The number of rotatable bonds is 5. The number of piperidine rings is 1. The van der Waals surface area contributed by atoms with Gasteiger partial charge < -0.3 is 19.0 Å². The van der Waals surface area contributed by atoms with Gasteiger partial charge in [-0.15, -0.1) is 0 Å². The molecule has 7 nitrogen and oxygen atoms in total. The predicted molar refractivity (Wildman–Crippen MR) is 120 cm³/mol. The Bertz CT molecular complexity index is 909. The van der Waals surface area contributed by atoms with Gasteiger partial charge in [0.1, 0.15) is 11.1 Å². The normalized spacial score (nSPS) is 17.5. The van der Waals surface area contributed by atoms with Gasteiger partial charge in [-0.3, -0.25) is 4.79 Å². The Kier molecular flexibility index (Phi) is 7.03. The van der Waals surface area contributed by atoms with Gasteiger partial charge in [0.2, 0.25) is 11.8 Å². The molecule has 1 aromatic heterocycles. The van der Waals surface area contributed by atoms with Crippen molar-refractivity contribution in [1.82, 2.24) is 14.8 Å². The summed E-state index contributed by atoms with van der Waals surface area (Å²) in [6.45, 7) is 11.5. The molecule has 1 aliphatic heterocycles. The van der Waals surface area contributed by atoms with Gasteiger partial charge in [0.05, 0.1) is 0 Å². The average molecular weight is 428 g/mol. The van der Waals surface area contributed by atoms with Crippen LogP contribution >= 0.6 is 0 Å². The number of ether oxygens (including phenoxy) is 1. The first-order valence-corrected chi connectivity index (χ1v) is 10.9. The summed E-state index contributed by atoms with van der Waals surface area (Å²) in [7, 11) is 0. The Hall–Kier alpha value is -2.83. The molecule has 2 aromatic rings. The molecular formula is C24H33N3O4. The molecule has 31 heavy (non-hydrogen) atoms. The maximum atomic E-state index is 12.7. The zero-order valence-electron chi connectivity index (χ0n) is 19.1. The van der Waals surface area contributed by atoms with Crippen LogP contribution in [0.5, 0.6) is 0 Å². The van der Waals surface area contributed by atoms with Crippen molar-refractivity contribution in [2.24, 2.45) is 5.92 Å². The molecule has 1 aromatic carbocycles. The van der Waals surface area contributed by atoms with Gasteiger partial charge >= 0.3 is 6.09 Å². The molecule has 0 N–H and O–H groups in total. The van der Waals surface area contributed by atoms with Gasteiger partial charge in [0, 0.05) is 37.8 Å². The monoisotopic (exact) mass is 427 g/mol. The van der Waals surface area contributed by atoms with Gasteiger partial charge in [0.15, 0.2) is 5.58 Å². The van der Waals surface area contributed by atoms with Crippen LogP contribution in [-0.4, -0.2) is 58.1 Å². The first-order chi connectivity index (χ1) is 14.6. The molecule has 3 rings (SSSR count). The minimum Gasteiger partial charge on any atom is -0.444 e. The summed E-state index contributed by atoms with van der Waals surface area (Å²) in [5.74, 6) is 0.560. The molecule has 2 amide bonds. The molecule has 0 bridgehead atoms. The molecule has 0 radical (unpaired) electrons. The lowest BCUT2D eigenvalue weighted by atomic mass is 9.97. The molecule has 7 heteroatoms. The van der Waals surface area contributed by atoms with Crippen LogP contribution in [0.1, 0.15) is 53.4 Å². The quantitative estimate of drug-likeness (QED) is 0.645. The van der Waals surface area contributed by atoms with Gasteiger partial charge in [-0.05, 0) is 65.5 Å². The van der Waals surface area contributed by atoms with Crippen molar-refractivity contribution in [2.75, 3.05) is 19.6 Å². The van der Waals surface area contributed by atoms with E-state index in [1.165, 1.54) is 6.08 Å². The Balaban J connectivity index is 1.60. The maximum Gasteiger partial charge on any atom is 0.410 e. The van der Waals surface area contributed by atoms with Crippen LogP contribution < -0.4 is 0 Å². The number of hydrogen-bond donors (Lipinski definition) is 0. The number of para-hydroxylation sites is 2. The van der Waals surface area contributed by atoms with Crippen molar-refractivity contribution in [3.63, 3.8) is 0 Å². The number of carbonyl (C=O) groups excluding carboxylic acids is 2. The van der Waals surface area contributed by atoms with Crippen LogP contribution in [0.15, 0.2) is 34.8 Å². The van der Waals surface area contributed by atoms with Crippen molar-refractivity contribution < 1.29 is 18.7 Å². The SMILES string of the molecule is CC(C)N(CC1CCCN(C(=O)/C=C/c2nc3ccccc3o2)C1)C(=O)OC(C)(C)C. The van der Waals surface area contributed by atoms with Crippen LogP contribution in [0.25, 0.3) is 17.2 Å². The summed E-state index contributed by atoms with van der Waals surface area (Å²) in [5, 5.41) is 0. The van der Waals surface area contributed by atoms with E-state index in [4.69, 9.17) is 9.15 Å². The highest BCUT2D eigenvalue weighted by atomic mass is 16.6. The smallest absolute Gasteiger partial charge is 0.410 e. The second-order valence-corrected chi connectivity index (χ2v) is 9.37. The number of hydrogen-bond acceptors (Lipinski definition) is 5. The van der Waals surface area contributed by atoms with E-state index in [1.54, 1.807) is 11.0 Å². The molecule has 1 unspecified atom stereocenters. The Labute approximate surface area is 184 Å². The third kappa shape index (κ3) is 6.32. The standard InChI is InChI=1S/C24H33N3O4/c1-17(2)27(23(29)31-24(3,4)5)16-18-9-8-14-26(15-18)22(28)13-12-21-25-19-10-6-7-11-20(19)30-21/h6-7,10-13,17-18H,8-9,14-16H2,1-5H3/b13-12+. The van der Waals surface area contributed by atoms with Crippen LogP contribution in [0.2, 0.25) is 0 Å². The lowest BCUT2D eigenvalue weighted by molar-refractivity contribution is -0.127. The number of aromatic nitrogens is 1. The highest BCUT2D eigenvalue weighted by Crippen LogP contribution is 2.21. The van der Waals surface area contributed by atoms with Crippen LogP contribution in [0.3, 0.4) is 0 Å². The maximum absolute atomic E-state index is 12.7. The summed E-state index contributed by atoms with van der Waals surface area (Å²) < 4.78 is 11.2. The number of nitrogens with zero attached hydrogens (tertiary/aromatic N) is 3. The highest BCUT2D eigenvalue weighted by molar-refractivity contribution is 5.91. The number of carbonyl (C=O) groups is 2. The lowest BCUT2D eigenvalue weighted by Gasteiger charge is -2.37. The second-order valence-electron chi connectivity index (χ2n) is 9.37. The molecule has 1 atom stereocenters. The molecule has 1 saturated heterocycles. The fourth-order valence-corrected chi connectivity index (χ4v) is 3.72. The van der Waals surface area contributed by atoms with E-state index in [-0.39, 0.29) is 24.0 Å². The molecule has 1 aliphatic rings. The molecular weight excluding hydrogens is 394 g/mol. The second kappa shape index (κ2) is 9.54. The lowest BCUT2D eigenvalue weighted by Crippen LogP contribution is -2.47. The van der Waals surface area contributed by atoms with Gasteiger partial charge in [0.25, 0.3) is 0 Å². The van der Waals surface area contributed by atoms with E-state index in [1.807, 2.05) is 63.8 Å². The largest absolute Gasteiger partial charge is 0.444 e. The summed E-state index contributed by atoms with van der Waals surface area (Å²) in [5.41, 5.74) is 0.931. The molecule has 0 saturated carbocycles. The number of benzene rings is 1. The van der Waals surface area contributed by atoms with Gasteiger partial charge in [-0.1, -0.05) is 12.1 Å². The first-order valence-electron chi connectivity index (χ1n) is 10.9. The third-order valence-electron chi connectivity index (χ3n) is 5.22. The van der Waals surface area contributed by atoms with Crippen molar-refractivity contribution in [1.29, 1.82) is 0 Å².